The summed E-state index contributed by atoms with van der Waals surface area (Å²) in [6, 6.07) is 5.52. The highest BCUT2D eigenvalue weighted by Crippen LogP contribution is 2.31. The Morgan fingerprint density at radius 2 is 1.68 bits per heavy atom. The van der Waals surface area contributed by atoms with Crippen LogP contribution in [0, 0.1) is 11.8 Å². The van der Waals surface area contributed by atoms with Gasteiger partial charge >= 0.3 is 6.09 Å². The van der Waals surface area contributed by atoms with Gasteiger partial charge in [-0.3, -0.25) is 19.3 Å². The molecule has 9 nitrogen and oxygen atoms in total. The molecule has 3 unspecified atom stereocenters. The Labute approximate surface area is 220 Å². The summed E-state index contributed by atoms with van der Waals surface area (Å²) >= 11 is 0. The number of amides is 3. The number of carbonyl (C=O) groups is 4. The van der Waals surface area contributed by atoms with E-state index in [0.717, 1.165) is 18.8 Å². The van der Waals surface area contributed by atoms with E-state index in [1.54, 1.807) is 17.0 Å². The number of hydrogen-bond acceptors (Lipinski definition) is 6. The van der Waals surface area contributed by atoms with Gasteiger partial charge in [-0.05, 0) is 62.8 Å². The maximum Gasteiger partial charge on any atom is 0.410 e. The van der Waals surface area contributed by atoms with Gasteiger partial charge in [-0.2, -0.15) is 0 Å². The van der Waals surface area contributed by atoms with E-state index in [1.807, 2.05) is 39.8 Å². The van der Waals surface area contributed by atoms with Gasteiger partial charge in [0.25, 0.3) is 5.91 Å². The van der Waals surface area contributed by atoms with Crippen molar-refractivity contribution < 1.29 is 23.9 Å². The van der Waals surface area contributed by atoms with Crippen molar-refractivity contribution >= 4 is 29.4 Å². The second kappa shape index (κ2) is 12.4. The van der Waals surface area contributed by atoms with Crippen molar-refractivity contribution in [2.24, 2.45) is 11.8 Å². The lowest BCUT2D eigenvalue weighted by molar-refractivity contribution is -0.138. The van der Waals surface area contributed by atoms with Crippen LogP contribution in [0.1, 0.15) is 64.7 Å². The molecule has 1 aromatic carbocycles. The van der Waals surface area contributed by atoms with Crippen molar-refractivity contribution in [3.63, 3.8) is 0 Å². The topological polar surface area (TPSA) is 99.3 Å². The van der Waals surface area contributed by atoms with E-state index in [0.29, 0.717) is 24.9 Å². The molecule has 0 aliphatic carbocycles. The highest BCUT2D eigenvalue weighted by atomic mass is 16.6. The summed E-state index contributed by atoms with van der Waals surface area (Å²) in [5, 5.41) is 2.92. The Bertz CT molecular complexity index is 973. The molecule has 204 valence electrons. The lowest BCUT2D eigenvalue weighted by Crippen LogP contribution is -2.53. The normalized spacial score (nSPS) is 19.8. The molecule has 2 saturated heterocycles. The lowest BCUT2D eigenvalue weighted by Gasteiger charge is -2.29. The zero-order chi connectivity index (χ0) is 27.3. The molecular weight excluding hydrogens is 472 g/mol. The minimum atomic E-state index is -0.761. The minimum absolute atomic E-state index is 0.0594. The number of ketones is 1. The summed E-state index contributed by atoms with van der Waals surface area (Å²) in [6.07, 6.45) is 0.447. The van der Waals surface area contributed by atoms with Crippen LogP contribution in [-0.4, -0.2) is 84.4 Å². The van der Waals surface area contributed by atoms with E-state index in [2.05, 4.69) is 24.1 Å². The minimum Gasteiger partial charge on any atom is -0.449 e. The number of ether oxygens (including phenoxy) is 1. The average Bonchev–Trinajstić information content (AvgIpc) is 3.44. The molecule has 2 heterocycles. The Hall–Kier alpha value is -3.10. The molecule has 2 fully saturated rings. The molecule has 0 saturated carbocycles. The number of rotatable bonds is 10. The van der Waals surface area contributed by atoms with Gasteiger partial charge in [-0.15, -0.1) is 0 Å². The van der Waals surface area contributed by atoms with Crippen LogP contribution in [0.3, 0.4) is 0 Å². The van der Waals surface area contributed by atoms with Crippen LogP contribution in [0.5, 0.6) is 0 Å². The standard InChI is InChI=1S/C28H42N4O5/c1-7-30(8-2)21-11-9-20(10-12-21)26(34)29-22(15-18(3)4)27(35)31-14-13-23-25(31)24(33)16-32(23)28(36)37-17-19(5)6/h9-12,18-19,22-23,25H,7-8,13-17H2,1-6H3,(H,29,34). The number of nitrogens with zero attached hydrogens (tertiary/aromatic N) is 3. The monoisotopic (exact) mass is 514 g/mol. The smallest absolute Gasteiger partial charge is 0.410 e. The Morgan fingerprint density at radius 1 is 1.03 bits per heavy atom. The number of carbonyl (C=O) groups excluding carboxylic acids is 4. The summed E-state index contributed by atoms with van der Waals surface area (Å²) in [5.41, 5.74) is 1.52. The first-order valence-electron chi connectivity index (χ1n) is 13.5. The van der Waals surface area contributed by atoms with Gasteiger partial charge in [0.2, 0.25) is 5.91 Å². The van der Waals surface area contributed by atoms with E-state index in [4.69, 9.17) is 4.74 Å². The quantitative estimate of drug-likeness (QED) is 0.514. The van der Waals surface area contributed by atoms with Crippen LogP contribution >= 0.6 is 0 Å². The third kappa shape index (κ3) is 6.62. The first-order chi connectivity index (χ1) is 17.6. The fraction of sp³-hybridized carbons (Fsp3) is 0.643. The second-order valence-corrected chi connectivity index (χ2v) is 10.8. The van der Waals surface area contributed by atoms with Crippen LogP contribution in [-0.2, 0) is 14.3 Å². The number of anilines is 1. The van der Waals surface area contributed by atoms with Crippen molar-refractivity contribution in [2.45, 2.75) is 72.5 Å². The molecule has 37 heavy (non-hydrogen) atoms. The van der Waals surface area contributed by atoms with Crippen molar-refractivity contribution in [3.8, 4) is 0 Å². The zero-order valence-corrected chi connectivity index (χ0v) is 23.0. The lowest BCUT2D eigenvalue weighted by atomic mass is 10.0. The van der Waals surface area contributed by atoms with Gasteiger partial charge in [0.1, 0.15) is 12.1 Å². The Morgan fingerprint density at radius 3 is 2.24 bits per heavy atom. The highest BCUT2D eigenvalue weighted by Gasteiger charge is 2.52. The van der Waals surface area contributed by atoms with Gasteiger partial charge in [-0.25, -0.2) is 4.79 Å². The molecular formula is C28H42N4O5. The number of hydrogen-bond donors (Lipinski definition) is 1. The third-order valence-electron chi connectivity index (χ3n) is 7.05. The number of benzene rings is 1. The van der Waals surface area contributed by atoms with E-state index in [-0.39, 0.29) is 48.6 Å². The fourth-order valence-corrected chi connectivity index (χ4v) is 5.18. The van der Waals surface area contributed by atoms with E-state index in [1.165, 1.54) is 4.90 Å². The van der Waals surface area contributed by atoms with Crippen LogP contribution in [0.4, 0.5) is 10.5 Å². The number of likely N-dealkylation sites (tertiary alicyclic amines) is 2. The maximum atomic E-state index is 13.7. The molecule has 1 aromatic rings. The van der Waals surface area contributed by atoms with Crippen LogP contribution < -0.4 is 10.2 Å². The molecule has 0 bridgehead atoms. The predicted molar refractivity (Wildman–Crippen MR) is 143 cm³/mol. The molecule has 9 heteroatoms. The van der Waals surface area contributed by atoms with Gasteiger partial charge in [0.05, 0.1) is 19.2 Å². The van der Waals surface area contributed by atoms with E-state index in [9.17, 15) is 19.2 Å². The second-order valence-electron chi connectivity index (χ2n) is 10.8. The Balaban J connectivity index is 1.72. The van der Waals surface area contributed by atoms with Crippen molar-refractivity contribution in [1.29, 1.82) is 0 Å². The zero-order valence-electron chi connectivity index (χ0n) is 23.0. The number of fused-ring (bicyclic) bond motifs is 1. The highest BCUT2D eigenvalue weighted by molar-refractivity contribution is 6.00. The molecule has 0 radical (unpaired) electrons. The van der Waals surface area contributed by atoms with Gasteiger partial charge in [-0.1, -0.05) is 27.7 Å². The van der Waals surface area contributed by atoms with E-state index >= 15 is 0 Å². The molecule has 2 aliphatic heterocycles. The molecule has 3 rings (SSSR count). The summed E-state index contributed by atoms with van der Waals surface area (Å²) in [4.78, 5) is 57.5. The molecule has 1 N–H and O–H groups in total. The molecule has 0 spiro atoms. The van der Waals surface area contributed by atoms with Crippen LogP contribution in [0.2, 0.25) is 0 Å². The van der Waals surface area contributed by atoms with E-state index < -0.39 is 18.2 Å². The average molecular weight is 515 g/mol. The SMILES string of the molecule is CCN(CC)c1ccc(C(=O)NC(CC(C)C)C(=O)N2CCC3C2C(=O)CN3C(=O)OCC(C)C)cc1. The predicted octanol–water partition coefficient (Wildman–Crippen LogP) is 3.32. The molecule has 2 aliphatic rings. The van der Waals surface area contributed by atoms with Gasteiger partial charge in [0.15, 0.2) is 5.78 Å². The van der Waals surface area contributed by atoms with Crippen molar-refractivity contribution in [1.82, 2.24) is 15.1 Å². The van der Waals surface area contributed by atoms with Gasteiger partial charge < -0.3 is 19.9 Å². The van der Waals surface area contributed by atoms with Crippen molar-refractivity contribution in [2.75, 3.05) is 37.7 Å². The number of nitrogens with one attached hydrogen (secondary N) is 1. The molecule has 3 amide bonds. The van der Waals surface area contributed by atoms with Crippen molar-refractivity contribution in [3.05, 3.63) is 29.8 Å². The summed E-state index contributed by atoms with van der Waals surface area (Å²) in [5.74, 6) is -0.426. The largest absolute Gasteiger partial charge is 0.449 e. The van der Waals surface area contributed by atoms with Crippen LogP contribution in [0.15, 0.2) is 24.3 Å². The summed E-state index contributed by atoms with van der Waals surface area (Å²) in [6.45, 7) is 14.4. The fourth-order valence-electron chi connectivity index (χ4n) is 5.18. The first-order valence-corrected chi connectivity index (χ1v) is 13.5. The molecule has 3 atom stereocenters. The third-order valence-corrected chi connectivity index (χ3v) is 7.05. The van der Waals surface area contributed by atoms with Gasteiger partial charge in [0, 0.05) is 30.9 Å². The Kier molecular flexibility index (Phi) is 9.56. The molecule has 0 aromatic heterocycles. The van der Waals surface area contributed by atoms with Crippen LogP contribution in [0.25, 0.3) is 0 Å². The first kappa shape index (κ1) is 28.5. The summed E-state index contributed by atoms with van der Waals surface area (Å²) in [7, 11) is 0. The number of Topliss-reactive ketones (excluding diaryl/α,β-unsaturated/α-hetero) is 1. The summed E-state index contributed by atoms with van der Waals surface area (Å²) < 4.78 is 5.35. The maximum absolute atomic E-state index is 13.7.